The summed E-state index contributed by atoms with van der Waals surface area (Å²) >= 11 is 0. The highest BCUT2D eigenvalue weighted by atomic mass is 16.5. The van der Waals surface area contributed by atoms with Gasteiger partial charge in [0.1, 0.15) is 17.4 Å². The molecule has 0 fully saturated rings. The van der Waals surface area contributed by atoms with Crippen molar-refractivity contribution in [2.75, 3.05) is 12.4 Å². The van der Waals surface area contributed by atoms with Gasteiger partial charge in [-0.15, -0.1) is 0 Å². The molecule has 0 spiro atoms. The van der Waals surface area contributed by atoms with E-state index in [0.29, 0.717) is 0 Å². The summed E-state index contributed by atoms with van der Waals surface area (Å²) in [5.74, 6) is 0.714. The molecule has 1 rings (SSSR count). The summed E-state index contributed by atoms with van der Waals surface area (Å²) in [7, 11) is 1.41. The number of aryl methyl sites for hydroxylation is 1. The van der Waals surface area contributed by atoms with Gasteiger partial charge in [-0.1, -0.05) is 13.8 Å². The molecule has 21 heavy (non-hydrogen) atoms. The first kappa shape index (κ1) is 17.3. The van der Waals surface area contributed by atoms with Gasteiger partial charge in [0.05, 0.1) is 7.11 Å². The van der Waals surface area contributed by atoms with Crippen molar-refractivity contribution < 1.29 is 14.3 Å². The second-order valence-corrected chi connectivity index (χ2v) is 6.58. The smallest absolute Gasteiger partial charge is 0.328 e. The fourth-order valence-corrected chi connectivity index (χ4v) is 2.01. The molecular weight excluding hydrogens is 266 g/mol. The van der Waals surface area contributed by atoms with E-state index in [4.69, 9.17) is 9.47 Å². The molecule has 4 nitrogen and oxygen atoms in total. The van der Waals surface area contributed by atoms with Gasteiger partial charge in [0.25, 0.3) is 0 Å². The lowest BCUT2D eigenvalue weighted by atomic mass is 10.0. The van der Waals surface area contributed by atoms with Crippen LogP contribution >= 0.6 is 0 Å². The molecule has 1 atom stereocenters. The number of hydrogen-bond donors (Lipinski definition) is 1. The van der Waals surface area contributed by atoms with Gasteiger partial charge >= 0.3 is 5.97 Å². The summed E-state index contributed by atoms with van der Waals surface area (Å²) < 4.78 is 10.7. The van der Waals surface area contributed by atoms with Crippen LogP contribution in [0.1, 0.15) is 40.2 Å². The van der Waals surface area contributed by atoms with Crippen molar-refractivity contribution in [2.24, 2.45) is 5.92 Å². The van der Waals surface area contributed by atoms with Gasteiger partial charge in [-0.2, -0.15) is 0 Å². The van der Waals surface area contributed by atoms with Crippen molar-refractivity contribution >= 4 is 11.7 Å². The number of carbonyl (C=O) groups excluding carboxylic acids is 1. The van der Waals surface area contributed by atoms with Crippen molar-refractivity contribution in [3.63, 3.8) is 0 Å². The number of rotatable bonds is 5. The Bertz CT molecular complexity index is 489. The van der Waals surface area contributed by atoms with Crippen LogP contribution in [0.25, 0.3) is 0 Å². The second-order valence-electron chi connectivity index (χ2n) is 6.58. The standard InChI is InChI=1S/C17H27NO3/c1-11(2)15(16(19)20-7)18-14-9-8-13(10-12(14)3)21-17(4,5)6/h8-11,15,18H,1-7H3. The number of carbonyl (C=O) groups is 1. The lowest BCUT2D eigenvalue weighted by molar-refractivity contribution is -0.142. The van der Waals surface area contributed by atoms with E-state index in [0.717, 1.165) is 17.0 Å². The minimum atomic E-state index is -0.358. The van der Waals surface area contributed by atoms with Crippen molar-refractivity contribution in [1.82, 2.24) is 0 Å². The lowest BCUT2D eigenvalue weighted by Gasteiger charge is -2.24. The maximum absolute atomic E-state index is 11.8. The minimum absolute atomic E-state index is 0.141. The number of anilines is 1. The molecule has 1 aromatic rings. The number of methoxy groups -OCH3 is 1. The average Bonchev–Trinajstić information content (AvgIpc) is 2.34. The van der Waals surface area contributed by atoms with E-state index in [2.05, 4.69) is 5.32 Å². The Morgan fingerprint density at radius 2 is 1.86 bits per heavy atom. The molecule has 1 unspecified atom stereocenters. The van der Waals surface area contributed by atoms with Gasteiger partial charge in [-0.3, -0.25) is 0 Å². The van der Waals surface area contributed by atoms with Crippen LogP contribution in [0.3, 0.4) is 0 Å². The molecule has 4 heteroatoms. The van der Waals surface area contributed by atoms with Gasteiger partial charge in [0.15, 0.2) is 0 Å². The van der Waals surface area contributed by atoms with Crippen LogP contribution in [0.15, 0.2) is 18.2 Å². The molecule has 0 saturated heterocycles. The zero-order valence-corrected chi connectivity index (χ0v) is 14.1. The fourth-order valence-electron chi connectivity index (χ4n) is 2.01. The minimum Gasteiger partial charge on any atom is -0.488 e. The van der Waals surface area contributed by atoms with E-state index >= 15 is 0 Å². The molecule has 0 saturated carbocycles. The molecule has 0 radical (unpaired) electrons. The van der Waals surface area contributed by atoms with Crippen LogP contribution in [0.4, 0.5) is 5.69 Å². The van der Waals surface area contributed by atoms with Gasteiger partial charge in [-0.05, 0) is 57.4 Å². The van der Waals surface area contributed by atoms with Crippen molar-refractivity contribution in [3.8, 4) is 5.75 Å². The Morgan fingerprint density at radius 3 is 2.29 bits per heavy atom. The summed E-state index contributed by atoms with van der Waals surface area (Å²) in [6, 6.07) is 5.47. The maximum Gasteiger partial charge on any atom is 0.328 e. The molecule has 118 valence electrons. The molecule has 1 N–H and O–H groups in total. The summed E-state index contributed by atoms with van der Waals surface area (Å²) in [5.41, 5.74) is 1.72. The monoisotopic (exact) mass is 293 g/mol. The van der Waals surface area contributed by atoms with E-state index in [1.807, 2.05) is 59.7 Å². The van der Waals surface area contributed by atoms with Crippen LogP contribution in [0, 0.1) is 12.8 Å². The zero-order chi connectivity index (χ0) is 16.2. The number of nitrogens with one attached hydrogen (secondary N) is 1. The molecular formula is C17H27NO3. The van der Waals surface area contributed by atoms with Gasteiger partial charge in [-0.25, -0.2) is 4.79 Å². The van der Waals surface area contributed by atoms with Crippen LogP contribution in [0.5, 0.6) is 5.75 Å². The summed E-state index contributed by atoms with van der Waals surface area (Å²) in [4.78, 5) is 11.8. The molecule has 0 amide bonds. The highest BCUT2D eigenvalue weighted by Gasteiger charge is 2.23. The summed E-state index contributed by atoms with van der Waals surface area (Å²) in [6.45, 7) is 12.0. The predicted molar refractivity (Wildman–Crippen MR) is 85.8 cm³/mol. The van der Waals surface area contributed by atoms with E-state index in [9.17, 15) is 4.79 Å². The number of benzene rings is 1. The highest BCUT2D eigenvalue weighted by Crippen LogP contribution is 2.25. The fraction of sp³-hybridized carbons (Fsp3) is 0.588. The Balaban J connectivity index is 2.92. The molecule has 0 aliphatic rings. The molecule has 0 aliphatic carbocycles. The van der Waals surface area contributed by atoms with Crippen molar-refractivity contribution in [2.45, 2.75) is 53.2 Å². The molecule has 1 aromatic carbocycles. The Morgan fingerprint density at radius 1 is 1.24 bits per heavy atom. The van der Waals surface area contributed by atoms with Crippen molar-refractivity contribution in [1.29, 1.82) is 0 Å². The van der Waals surface area contributed by atoms with Crippen LogP contribution in [-0.2, 0) is 9.53 Å². The zero-order valence-electron chi connectivity index (χ0n) is 14.1. The van der Waals surface area contributed by atoms with E-state index < -0.39 is 0 Å². The molecule has 0 aromatic heterocycles. The third-order valence-electron chi connectivity index (χ3n) is 3.05. The van der Waals surface area contributed by atoms with E-state index in [1.54, 1.807) is 0 Å². The first-order chi connectivity index (χ1) is 9.64. The van der Waals surface area contributed by atoms with Crippen molar-refractivity contribution in [3.05, 3.63) is 23.8 Å². The van der Waals surface area contributed by atoms with E-state index in [1.165, 1.54) is 7.11 Å². The van der Waals surface area contributed by atoms with Crippen LogP contribution in [-0.4, -0.2) is 24.7 Å². The summed E-state index contributed by atoms with van der Waals surface area (Å²) in [5, 5.41) is 3.26. The number of ether oxygens (including phenoxy) is 2. The quantitative estimate of drug-likeness (QED) is 0.839. The first-order valence-corrected chi connectivity index (χ1v) is 7.28. The normalized spacial score (nSPS) is 13.0. The second kappa shape index (κ2) is 6.83. The predicted octanol–water partition coefficient (Wildman–Crippen LogP) is 3.78. The average molecular weight is 293 g/mol. The lowest BCUT2D eigenvalue weighted by Crippen LogP contribution is -2.35. The third-order valence-corrected chi connectivity index (χ3v) is 3.05. The number of esters is 1. The van der Waals surface area contributed by atoms with E-state index in [-0.39, 0.29) is 23.5 Å². The first-order valence-electron chi connectivity index (χ1n) is 7.28. The Hall–Kier alpha value is -1.71. The number of hydrogen-bond acceptors (Lipinski definition) is 4. The molecule has 0 aliphatic heterocycles. The van der Waals surface area contributed by atoms with Gasteiger partial charge in [0.2, 0.25) is 0 Å². The largest absolute Gasteiger partial charge is 0.488 e. The highest BCUT2D eigenvalue weighted by molar-refractivity contribution is 5.80. The van der Waals surface area contributed by atoms with Crippen LogP contribution < -0.4 is 10.1 Å². The topological polar surface area (TPSA) is 47.6 Å². The van der Waals surface area contributed by atoms with Gasteiger partial charge < -0.3 is 14.8 Å². The third kappa shape index (κ3) is 5.29. The SMILES string of the molecule is COC(=O)C(Nc1ccc(OC(C)(C)C)cc1C)C(C)C. The Labute approximate surface area is 127 Å². The molecule has 0 heterocycles. The van der Waals surface area contributed by atoms with Crippen LogP contribution in [0.2, 0.25) is 0 Å². The summed E-state index contributed by atoms with van der Waals surface area (Å²) in [6.07, 6.45) is 0. The van der Waals surface area contributed by atoms with Gasteiger partial charge in [0, 0.05) is 5.69 Å². The maximum atomic E-state index is 11.8. The molecule has 0 bridgehead atoms. The Kier molecular flexibility index (Phi) is 5.64.